The van der Waals surface area contributed by atoms with Crippen LogP contribution in [0.4, 0.5) is 5.69 Å². The quantitative estimate of drug-likeness (QED) is 0.565. The van der Waals surface area contributed by atoms with Crippen LogP contribution in [-0.4, -0.2) is 23.0 Å². The third kappa shape index (κ3) is 2.04. The van der Waals surface area contributed by atoms with E-state index in [2.05, 4.69) is 10.3 Å². The third-order valence-corrected chi connectivity index (χ3v) is 2.12. The van der Waals surface area contributed by atoms with Crippen molar-refractivity contribution in [2.75, 3.05) is 18.0 Å². The number of nitrogens with zero attached hydrogens (tertiary/aromatic N) is 3. The van der Waals surface area contributed by atoms with Crippen molar-refractivity contribution >= 4 is 5.69 Å². The van der Waals surface area contributed by atoms with Gasteiger partial charge in [0.15, 0.2) is 5.82 Å². The van der Waals surface area contributed by atoms with Crippen molar-refractivity contribution in [2.45, 2.75) is 0 Å². The lowest BCUT2D eigenvalue weighted by Crippen LogP contribution is -2.20. The van der Waals surface area contributed by atoms with Crippen molar-refractivity contribution in [1.29, 1.82) is 0 Å². The first-order chi connectivity index (χ1) is 7.27. The van der Waals surface area contributed by atoms with Crippen LogP contribution >= 0.6 is 0 Å². The van der Waals surface area contributed by atoms with Crippen LogP contribution in [0, 0.1) is 10.1 Å². The predicted octanol–water partition coefficient (Wildman–Crippen LogP) is 0.567. The summed E-state index contributed by atoms with van der Waals surface area (Å²) in [6.07, 6.45) is 4.32. The van der Waals surface area contributed by atoms with Crippen molar-refractivity contribution in [3.63, 3.8) is 0 Å². The Morgan fingerprint density at radius 2 is 2.53 bits per heavy atom. The van der Waals surface area contributed by atoms with E-state index in [0.717, 1.165) is 11.9 Å². The summed E-state index contributed by atoms with van der Waals surface area (Å²) >= 11 is 0. The van der Waals surface area contributed by atoms with E-state index in [1.807, 2.05) is 11.0 Å². The van der Waals surface area contributed by atoms with E-state index in [1.165, 1.54) is 0 Å². The summed E-state index contributed by atoms with van der Waals surface area (Å²) in [6.45, 7) is 1.42. The standard InChI is InChI=1S/C9H10N4O2/c14-13(15)7-9-11-4-5-12(9)8-2-1-3-10-6-8/h1-3,6-7,11H,4-5H2. The number of anilines is 1. The highest BCUT2D eigenvalue weighted by molar-refractivity contribution is 5.50. The molecule has 6 heteroatoms. The second-order valence-corrected chi connectivity index (χ2v) is 3.09. The van der Waals surface area contributed by atoms with E-state index in [4.69, 9.17) is 0 Å². The van der Waals surface area contributed by atoms with Gasteiger partial charge in [0.25, 0.3) is 6.20 Å². The zero-order valence-electron chi connectivity index (χ0n) is 7.96. The van der Waals surface area contributed by atoms with E-state index >= 15 is 0 Å². The van der Waals surface area contributed by atoms with E-state index in [9.17, 15) is 10.1 Å². The molecule has 0 atom stereocenters. The lowest BCUT2D eigenvalue weighted by atomic mass is 10.4. The average Bonchev–Trinajstić information content (AvgIpc) is 2.66. The molecule has 2 heterocycles. The van der Waals surface area contributed by atoms with Gasteiger partial charge in [0.05, 0.1) is 16.8 Å². The molecule has 0 spiro atoms. The number of aromatic nitrogens is 1. The molecule has 0 saturated carbocycles. The number of rotatable bonds is 2. The molecule has 15 heavy (non-hydrogen) atoms. The summed E-state index contributed by atoms with van der Waals surface area (Å²) in [5.74, 6) is 0.507. The highest BCUT2D eigenvalue weighted by Crippen LogP contribution is 2.18. The van der Waals surface area contributed by atoms with Crippen molar-refractivity contribution < 1.29 is 4.92 Å². The maximum Gasteiger partial charge on any atom is 0.274 e. The molecular weight excluding hydrogens is 196 g/mol. The first-order valence-corrected chi connectivity index (χ1v) is 4.54. The van der Waals surface area contributed by atoms with Gasteiger partial charge >= 0.3 is 0 Å². The minimum Gasteiger partial charge on any atom is -0.365 e. The van der Waals surface area contributed by atoms with E-state index in [0.29, 0.717) is 18.9 Å². The number of hydrogen-bond donors (Lipinski definition) is 1. The van der Waals surface area contributed by atoms with Crippen LogP contribution in [0.15, 0.2) is 36.5 Å². The van der Waals surface area contributed by atoms with Gasteiger partial charge in [-0.05, 0) is 12.1 Å². The van der Waals surface area contributed by atoms with E-state index in [-0.39, 0.29) is 0 Å². The molecule has 1 aliphatic heterocycles. The molecule has 0 unspecified atom stereocenters. The Bertz CT molecular complexity index is 390. The number of hydrogen-bond acceptors (Lipinski definition) is 5. The van der Waals surface area contributed by atoms with E-state index in [1.54, 1.807) is 18.5 Å². The van der Waals surface area contributed by atoms with Crippen LogP contribution in [0.3, 0.4) is 0 Å². The first-order valence-electron chi connectivity index (χ1n) is 4.54. The van der Waals surface area contributed by atoms with Gasteiger partial charge in [0, 0.05) is 19.3 Å². The molecule has 1 N–H and O–H groups in total. The maximum atomic E-state index is 10.4. The van der Waals surface area contributed by atoms with Gasteiger partial charge in [-0.2, -0.15) is 0 Å². The first kappa shape index (κ1) is 9.45. The maximum absolute atomic E-state index is 10.4. The molecule has 2 rings (SSSR count). The summed E-state index contributed by atoms with van der Waals surface area (Å²) in [4.78, 5) is 15.7. The lowest BCUT2D eigenvalue weighted by Gasteiger charge is -2.15. The molecule has 0 radical (unpaired) electrons. The molecular formula is C9H10N4O2. The minimum absolute atomic E-state index is 0.461. The third-order valence-electron chi connectivity index (χ3n) is 2.12. The van der Waals surface area contributed by atoms with Gasteiger partial charge in [-0.25, -0.2) is 0 Å². The Morgan fingerprint density at radius 3 is 3.20 bits per heavy atom. The van der Waals surface area contributed by atoms with Crippen LogP contribution in [-0.2, 0) is 0 Å². The van der Waals surface area contributed by atoms with Gasteiger partial charge < -0.3 is 10.2 Å². The topological polar surface area (TPSA) is 71.3 Å². The van der Waals surface area contributed by atoms with Crippen LogP contribution < -0.4 is 10.2 Å². The molecule has 1 aliphatic rings. The molecule has 1 aromatic heterocycles. The normalized spacial score (nSPS) is 17.9. The Balaban J connectivity index is 2.26. The Hall–Kier alpha value is -2.11. The van der Waals surface area contributed by atoms with Crippen LogP contribution in [0.2, 0.25) is 0 Å². The van der Waals surface area contributed by atoms with Crippen molar-refractivity contribution in [1.82, 2.24) is 10.3 Å². The number of pyridine rings is 1. The molecule has 0 bridgehead atoms. The predicted molar refractivity (Wildman–Crippen MR) is 54.7 cm³/mol. The number of nitrogens with one attached hydrogen (secondary N) is 1. The molecule has 0 aliphatic carbocycles. The van der Waals surface area contributed by atoms with Crippen LogP contribution in [0.25, 0.3) is 0 Å². The highest BCUT2D eigenvalue weighted by atomic mass is 16.6. The fraction of sp³-hybridized carbons (Fsp3) is 0.222. The fourth-order valence-electron chi connectivity index (χ4n) is 1.51. The largest absolute Gasteiger partial charge is 0.365 e. The zero-order valence-corrected chi connectivity index (χ0v) is 7.96. The second kappa shape index (κ2) is 3.95. The SMILES string of the molecule is O=[N+]([O-])C=C1NCCN1c1cccnc1. The smallest absolute Gasteiger partial charge is 0.274 e. The lowest BCUT2D eigenvalue weighted by molar-refractivity contribution is -0.403. The van der Waals surface area contributed by atoms with Crippen LogP contribution in [0.5, 0.6) is 0 Å². The van der Waals surface area contributed by atoms with Gasteiger partial charge in [-0.15, -0.1) is 0 Å². The second-order valence-electron chi connectivity index (χ2n) is 3.09. The van der Waals surface area contributed by atoms with Gasteiger partial charge in [0.2, 0.25) is 0 Å². The fourth-order valence-corrected chi connectivity index (χ4v) is 1.51. The van der Waals surface area contributed by atoms with Crippen molar-refractivity contribution in [2.24, 2.45) is 0 Å². The molecule has 0 amide bonds. The van der Waals surface area contributed by atoms with E-state index < -0.39 is 4.92 Å². The summed E-state index contributed by atoms with van der Waals surface area (Å²) < 4.78 is 0. The molecule has 1 fully saturated rings. The highest BCUT2D eigenvalue weighted by Gasteiger charge is 2.20. The van der Waals surface area contributed by atoms with Gasteiger partial charge in [-0.3, -0.25) is 15.1 Å². The van der Waals surface area contributed by atoms with Crippen LogP contribution in [0.1, 0.15) is 0 Å². The summed E-state index contributed by atoms with van der Waals surface area (Å²) in [6, 6.07) is 3.67. The Labute approximate surface area is 86.4 Å². The molecule has 1 aromatic rings. The summed E-state index contributed by atoms with van der Waals surface area (Å²) in [5.41, 5.74) is 0.857. The summed E-state index contributed by atoms with van der Waals surface area (Å²) in [5, 5.41) is 13.3. The molecule has 0 aromatic carbocycles. The Morgan fingerprint density at radius 1 is 1.67 bits per heavy atom. The van der Waals surface area contributed by atoms with Crippen molar-refractivity contribution in [3.8, 4) is 0 Å². The minimum atomic E-state index is -0.461. The van der Waals surface area contributed by atoms with Crippen molar-refractivity contribution in [3.05, 3.63) is 46.7 Å². The van der Waals surface area contributed by atoms with Gasteiger partial charge in [0.1, 0.15) is 0 Å². The van der Waals surface area contributed by atoms with Gasteiger partial charge in [-0.1, -0.05) is 0 Å². The zero-order chi connectivity index (χ0) is 10.7. The summed E-state index contributed by atoms with van der Waals surface area (Å²) in [7, 11) is 0. The Kier molecular flexibility index (Phi) is 2.49. The molecule has 1 saturated heterocycles. The monoisotopic (exact) mass is 206 g/mol. The number of nitro groups is 1. The molecule has 6 nitrogen and oxygen atoms in total. The average molecular weight is 206 g/mol. The molecule has 78 valence electrons.